The fraction of sp³-hybridized carbons (Fsp3) is 0.562. The highest BCUT2D eigenvalue weighted by molar-refractivity contribution is 5.78. The van der Waals surface area contributed by atoms with E-state index in [9.17, 15) is 4.79 Å². The molecule has 118 valence electrons. The fourth-order valence-corrected chi connectivity index (χ4v) is 2.13. The Balaban J connectivity index is 3.07. The van der Waals surface area contributed by atoms with Crippen LogP contribution in [-0.2, 0) is 4.79 Å². The van der Waals surface area contributed by atoms with Gasteiger partial charge in [-0.05, 0) is 37.5 Å². The number of benzene rings is 1. The first-order valence-electron chi connectivity index (χ1n) is 7.42. The van der Waals surface area contributed by atoms with Gasteiger partial charge in [0.2, 0.25) is 5.91 Å². The molecule has 0 bridgehead atoms. The lowest BCUT2D eigenvalue weighted by Crippen LogP contribution is -2.36. The Kier molecular flexibility index (Phi) is 7.02. The standard InChI is InChI=1S/C16H26N2O3/c1-5-20-13-8-7-12(9-14(13)21-6-2)16(11(3)4)18-15(19)10-17/h7-9,11,16H,5-6,10,17H2,1-4H3,(H,18,19). The summed E-state index contributed by atoms with van der Waals surface area (Å²) in [5, 5.41) is 2.94. The normalized spacial score (nSPS) is 12.1. The first kappa shape index (κ1) is 17.3. The van der Waals surface area contributed by atoms with Crippen LogP contribution >= 0.6 is 0 Å². The SMILES string of the molecule is CCOc1ccc(C(NC(=O)CN)C(C)C)cc1OCC. The summed E-state index contributed by atoms with van der Waals surface area (Å²) in [5.74, 6) is 1.49. The second-order valence-electron chi connectivity index (χ2n) is 5.07. The van der Waals surface area contributed by atoms with Crippen LogP contribution in [0.3, 0.4) is 0 Å². The monoisotopic (exact) mass is 294 g/mol. The smallest absolute Gasteiger partial charge is 0.234 e. The lowest BCUT2D eigenvalue weighted by Gasteiger charge is -2.24. The molecule has 0 saturated heterocycles. The van der Waals surface area contributed by atoms with E-state index in [0.29, 0.717) is 19.0 Å². The van der Waals surface area contributed by atoms with Gasteiger partial charge in [-0.2, -0.15) is 0 Å². The van der Waals surface area contributed by atoms with Gasteiger partial charge in [-0.25, -0.2) is 0 Å². The maximum absolute atomic E-state index is 11.6. The largest absolute Gasteiger partial charge is 0.490 e. The molecule has 0 aliphatic heterocycles. The predicted octanol–water partition coefficient (Wildman–Crippen LogP) is 2.26. The second kappa shape index (κ2) is 8.52. The van der Waals surface area contributed by atoms with Crippen LogP contribution in [0.15, 0.2) is 18.2 Å². The first-order chi connectivity index (χ1) is 10.0. The summed E-state index contributed by atoms with van der Waals surface area (Å²) in [4.78, 5) is 11.6. The topological polar surface area (TPSA) is 73.6 Å². The molecule has 0 aliphatic carbocycles. The molecule has 1 amide bonds. The summed E-state index contributed by atoms with van der Waals surface area (Å²) >= 11 is 0. The van der Waals surface area contributed by atoms with Crippen molar-refractivity contribution < 1.29 is 14.3 Å². The molecule has 21 heavy (non-hydrogen) atoms. The van der Waals surface area contributed by atoms with Gasteiger partial charge in [0.25, 0.3) is 0 Å². The lowest BCUT2D eigenvalue weighted by molar-refractivity contribution is -0.120. The molecular weight excluding hydrogens is 268 g/mol. The first-order valence-corrected chi connectivity index (χ1v) is 7.42. The molecule has 0 spiro atoms. The maximum Gasteiger partial charge on any atom is 0.234 e. The summed E-state index contributed by atoms with van der Waals surface area (Å²) in [6.07, 6.45) is 0. The molecular formula is C16H26N2O3. The number of carbonyl (C=O) groups excluding carboxylic acids is 1. The van der Waals surface area contributed by atoms with Crippen molar-refractivity contribution in [3.05, 3.63) is 23.8 Å². The van der Waals surface area contributed by atoms with Crippen molar-refractivity contribution in [2.45, 2.75) is 33.7 Å². The van der Waals surface area contributed by atoms with E-state index in [1.165, 1.54) is 0 Å². The zero-order chi connectivity index (χ0) is 15.8. The van der Waals surface area contributed by atoms with Crippen molar-refractivity contribution in [1.82, 2.24) is 5.32 Å². The third-order valence-corrected chi connectivity index (χ3v) is 3.10. The quantitative estimate of drug-likeness (QED) is 0.771. The third kappa shape index (κ3) is 4.93. The van der Waals surface area contributed by atoms with Crippen molar-refractivity contribution in [3.63, 3.8) is 0 Å². The fourth-order valence-electron chi connectivity index (χ4n) is 2.13. The van der Waals surface area contributed by atoms with Gasteiger partial charge >= 0.3 is 0 Å². The molecule has 0 saturated carbocycles. The number of ether oxygens (including phenoxy) is 2. The molecule has 0 aliphatic rings. The van der Waals surface area contributed by atoms with Crippen molar-refractivity contribution in [1.29, 1.82) is 0 Å². The molecule has 1 aromatic carbocycles. The average Bonchev–Trinajstić information content (AvgIpc) is 2.46. The molecule has 5 nitrogen and oxygen atoms in total. The number of hydrogen-bond donors (Lipinski definition) is 2. The van der Waals surface area contributed by atoms with Gasteiger partial charge in [0.15, 0.2) is 11.5 Å². The Hall–Kier alpha value is -1.75. The Morgan fingerprint density at radius 1 is 1.19 bits per heavy atom. The van der Waals surface area contributed by atoms with Crippen LogP contribution in [0.5, 0.6) is 11.5 Å². The Labute approximate surface area is 126 Å². The van der Waals surface area contributed by atoms with E-state index < -0.39 is 0 Å². The summed E-state index contributed by atoms with van der Waals surface area (Å²) in [6.45, 7) is 9.09. The molecule has 0 aromatic heterocycles. The van der Waals surface area contributed by atoms with Crippen LogP contribution < -0.4 is 20.5 Å². The number of carbonyl (C=O) groups is 1. The maximum atomic E-state index is 11.6. The van der Waals surface area contributed by atoms with Gasteiger partial charge in [-0.15, -0.1) is 0 Å². The van der Waals surface area contributed by atoms with Gasteiger partial charge in [0, 0.05) is 0 Å². The Morgan fingerprint density at radius 2 is 1.81 bits per heavy atom. The lowest BCUT2D eigenvalue weighted by atomic mass is 9.95. The van der Waals surface area contributed by atoms with Crippen LogP contribution in [0.4, 0.5) is 0 Å². The van der Waals surface area contributed by atoms with Crippen LogP contribution in [0.2, 0.25) is 0 Å². The van der Waals surface area contributed by atoms with Gasteiger partial charge in [-0.3, -0.25) is 4.79 Å². The minimum atomic E-state index is -0.166. The predicted molar refractivity (Wildman–Crippen MR) is 83.6 cm³/mol. The summed E-state index contributed by atoms with van der Waals surface area (Å²) < 4.78 is 11.2. The highest BCUT2D eigenvalue weighted by Gasteiger charge is 2.19. The highest BCUT2D eigenvalue weighted by Crippen LogP contribution is 2.32. The van der Waals surface area contributed by atoms with Gasteiger partial charge < -0.3 is 20.5 Å². The third-order valence-electron chi connectivity index (χ3n) is 3.10. The van der Waals surface area contributed by atoms with Crippen LogP contribution in [0.1, 0.15) is 39.3 Å². The van der Waals surface area contributed by atoms with E-state index in [1.54, 1.807) is 0 Å². The van der Waals surface area contributed by atoms with Crippen LogP contribution in [0, 0.1) is 5.92 Å². The van der Waals surface area contributed by atoms with Crippen molar-refractivity contribution in [2.75, 3.05) is 19.8 Å². The van der Waals surface area contributed by atoms with Crippen molar-refractivity contribution in [2.24, 2.45) is 11.7 Å². The zero-order valence-corrected chi connectivity index (χ0v) is 13.3. The van der Waals surface area contributed by atoms with Gasteiger partial charge in [0.1, 0.15) is 0 Å². The minimum Gasteiger partial charge on any atom is -0.490 e. The number of hydrogen-bond acceptors (Lipinski definition) is 4. The van der Waals surface area contributed by atoms with Crippen molar-refractivity contribution in [3.8, 4) is 11.5 Å². The molecule has 0 fully saturated rings. The number of nitrogens with one attached hydrogen (secondary N) is 1. The van der Waals surface area contributed by atoms with E-state index in [1.807, 2.05) is 32.0 Å². The van der Waals surface area contributed by atoms with Crippen molar-refractivity contribution >= 4 is 5.91 Å². The van der Waals surface area contributed by atoms with E-state index in [-0.39, 0.29) is 24.4 Å². The van der Waals surface area contributed by atoms with Crippen LogP contribution in [-0.4, -0.2) is 25.7 Å². The molecule has 3 N–H and O–H groups in total. The van der Waals surface area contributed by atoms with E-state index in [4.69, 9.17) is 15.2 Å². The zero-order valence-electron chi connectivity index (χ0n) is 13.3. The van der Waals surface area contributed by atoms with Gasteiger partial charge in [0.05, 0.1) is 25.8 Å². The van der Waals surface area contributed by atoms with Gasteiger partial charge in [-0.1, -0.05) is 19.9 Å². The molecule has 5 heteroatoms. The van der Waals surface area contributed by atoms with E-state index in [2.05, 4.69) is 19.2 Å². The van der Waals surface area contributed by atoms with E-state index >= 15 is 0 Å². The second-order valence-corrected chi connectivity index (χ2v) is 5.07. The Bertz CT molecular complexity index is 461. The molecule has 1 aromatic rings. The Morgan fingerprint density at radius 3 is 2.33 bits per heavy atom. The van der Waals surface area contributed by atoms with E-state index in [0.717, 1.165) is 11.3 Å². The number of nitrogens with two attached hydrogens (primary N) is 1. The summed E-state index contributed by atoms with van der Waals surface area (Å²) in [7, 11) is 0. The molecule has 1 unspecified atom stereocenters. The molecule has 1 rings (SSSR count). The minimum absolute atomic E-state index is 0.0153. The number of rotatable bonds is 8. The molecule has 0 radical (unpaired) electrons. The summed E-state index contributed by atoms with van der Waals surface area (Å²) in [5.41, 5.74) is 6.37. The van der Waals surface area contributed by atoms with Crippen LogP contribution in [0.25, 0.3) is 0 Å². The highest BCUT2D eigenvalue weighted by atomic mass is 16.5. The average molecular weight is 294 g/mol. The summed E-state index contributed by atoms with van der Waals surface area (Å²) in [6, 6.07) is 5.66. The molecule has 1 atom stereocenters. The molecule has 0 heterocycles. The number of amides is 1.